The monoisotopic (exact) mass is 261 g/mol. The normalized spacial score (nSPS) is 13.7. The Bertz CT molecular complexity index is 499. The molecular weight excluding hydrogens is 242 g/mol. The van der Waals surface area contributed by atoms with Gasteiger partial charge in [0.25, 0.3) is 0 Å². The van der Waals surface area contributed by atoms with E-state index in [1.165, 1.54) is 11.1 Å². The zero-order valence-electron chi connectivity index (χ0n) is 11.1. The molecule has 0 spiro atoms. The maximum Gasteiger partial charge on any atom is 0.236 e. The zero-order valence-corrected chi connectivity index (χ0v) is 11.1. The van der Waals surface area contributed by atoms with Gasteiger partial charge in [0.1, 0.15) is 0 Å². The number of carbonyl (C=O) groups excluding carboxylic acids is 2. The largest absolute Gasteiger partial charge is 0.344 e. The first-order chi connectivity index (χ1) is 9.10. The van der Waals surface area contributed by atoms with Crippen molar-refractivity contribution in [3.8, 4) is 0 Å². The van der Waals surface area contributed by atoms with Gasteiger partial charge in [-0.2, -0.15) is 0 Å². The predicted octanol–water partition coefficient (Wildman–Crippen LogP) is 0.531. The summed E-state index contributed by atoms with van der Waals surface area (Å²) in [4.78, 5) is 24.3. The van der Waals surface area contributed by atoms with Gasteiger partial charge >= 0.3 is 0 Å². The lowest BCUT2D eigenvalue weighted by molar-refractivity contribution is -0.128. The Morgan fingerprint density at radius 1 is 1.42 bits per heavy atom. The highest BCUT2D eigenvalue weighted by molar-refractivity contribution is 5.93. The number of fused-ring (bicyclic) bond motifs is 1. The molecule has 0 saturated heterocycles. The van der Waals surface area contributed by atoms with Crippen molar-refractivity contribution < 1.29 is 9.59 Å². The van der Waals surface area contributed by atoms with Gasteiger partial charge in [0.15, 0.2) is 0 Å². The lowest BCUT2D eigenvalue weighted by atomic mass is 9.99. The first-order valence-corrected chi connectivity index (χ1v) is 6.46. The minimum absolute atomic E-state index is 0.0483. The summed E-state index contributed by atoms with van der Waals surface area (Å²) < 4.78 is 0. The number of hydrogen-bond acceptors (Lipinski definition) is 3. The lowest BCUT2D eigenvalue weighted by Crippen LogP contribution is -2.34. The molecule has 2 rings (SSSR count). The molecule has 0 aromatic heterocycles. The van der Waals surface area contributed by atoms with Crippen LogP contribution >= 0.6 is 0 Å². The average molecular weight is 261 g/mol. The maximum atomic E-state index is 11.4. The minimum atomic E-state index is -0.0507. The second-order valence-electron chi connectivity index (χ2n) is 4.81. The number of amides is 2. The Balaban J connectivity index is 1.99. The van der Waals surface area contributed by atoms with Crippen LogP contribution in [0.5, 0.6) is 0 Å². The van der Waals surface area contributed by atoms with E-state index in [9.17, 15) is 9.59 Å². The SMILES string of the molecule is CN(CCc1ccc2c(c1)CCC(=O)N2)C(=O)CN. The first kappa shape index (κ1) is 13.5. The molecule has 0 saturated carbocycles. The molecule has 3 N–H and O–H groups in total. The van der Waals surface area contributed by atoms with Gasteiger partial charge in [0.05, 0.1) is 6.54 Å². The Morgan fingerprint density at radius 3 is 2.95 bits per heavy atom. The van der Waals surface area contributed by atoms with Gasteiger partial charge in [-0.1, -0.05) is 12.1 Å². The Labute approximate surface area is 112 Å². The van der Waals surface area contributed by atoms with E-state index in [1.807, 2.05) is 12.1 Å². The molecule has 0 aliphatic carbocycles. The van der Waals surface area contributed by atoms with Crippen molar-refractivity contribution in [2.75, 3.05) is 25.5 Å². The summed E-state index contributed by atoms with van der Waals surface area (Å²) in [6.45, 7) is 0.702. The van der Waals surface area contributed by atoms with E-state index < -0.39 is 0 Å². The standard InChI is InChI=1S/C14H19N3O2/c1-17(14(19)9-15)7-6-10-2-4-12-11(8-10)3-5-13(18)16-12/h2,4,8H,3,5-7,9,15H2,1H3,(H,16,18). The van der Waals surface area contributed by atoms with Crippen molar-refractivity contribution in [3.05, 3.63) is 29.3 Å². The average Bonchev–Trinajstić information content (AvgIpc) is 2.43. The topological polar surface area (TPSA) is 75.4 Å². The van der Waals surface area contributed by atoms with Crippen LogP contribution in [0.2, 0.25) is 0 Å². The minimum Gasteiger partial charge on any atom is -0.344 e. The van der Waals surface area contributed by atoms with Gasteiger partial charge in [-0.25, -0.2) is 0 Å². The maximum absolute atomic E-state index is 11.4. The molecule has 0 radical (unpaired) electrons. The summed E-state index contributed by atoms with van der Waals surface area (Å²) in [6.07, 6.45) is 2.12. The smallest absolute Gasteiger partial charge is 0.236 e. The van der Waals surface area contributed by atoms with Crippen molar-refractivity contribution in [1.82, 2.24) is 4.90 Å². The van der Waals surface area contributed by atoms with Gasteiger partial charge in [-0.3, -0.25) is 9.59 Å². The van der Waals surface area contributed by atoms with Crippen LogP contribution in [0.25, 0.3) is 0 Å². The van der Waals surface area contributed by atoms with Crippen LogP contribution in [-0.2, 0) is 22.4 Å². The molecule has 0 fully saturated rings. The van der Waals surface area contributed by atoms with E-state index in [-0.39, 0.29) is 18.4 Å². The van der Waals surface area contributed by atoms with Gasteiger partial charge in [0.2, 0.25) is 11.8 Å². The van der Waals surface area contributed by atoms with Crippen LogP contribution in [0.3, 0.4) is 0 Å². The van der Waals surface area contributed by atoms with Crippen LogP contribution < -0.4 is 11.1 Å². The second kappa shape index (κ2) is 5.84. The van der Waals surface area contributed by atoms with Crippen LogP contribution in [0.4, 0.5) is 5.69 Å². The van der Waals surface area contributed by atoms with Crippen LogP contribution in [0.1, 0.15) is 17.5 Å². The fourth-order valence-electron chi connectivity index (χ4n) is 2.17. The van der Waals surface area contributed by atoms with Gasteiger partial charge < -0.3 is 16.0 Å². The Morgan fingerprint density at radius 2 is 2.21 bits per heavy atom. The van der Waals surface area contributed by atoms with Crippen molar-refractivity contribution >= 4 is 17.5 Å². The van der Waals surface area contributed by atoms with Crippen molar-refractivity contribution in [2.24, 2.45) is 5.73 Å². The zero-order chi connectivity index (χ0) is 13.8. The van der Waals surface area contributed by atoms with E-state index in [2.05, 4.69) is 11.4 Å². The number of nitrogens with one attached hydrogen (secondary N) is 1. The second-order valence-corrected chi connectivity index (χ2v) is 4.81. The summed E-state index contributed by atoms with van der Waals surface area (Å²) in [5, 5.41) is 2.86. The molecule has 0 bridgehead atoms. The summed E-state index contributed by atoms with van der Waals surface area (Å²) >= 11 is 0. The lowest BCUT2D eigenvalue weighted by Gasteiger charge is -2.19. The number of carbonyl (C=O) groups is 2. The summed E-state index contributed by atoms with van der Waals surface area (Å²) in [5.74, 6) is 0.0266. The number of likely N-dealkylation sites (N-methyl/N-ethyl adjacent to an activating group) is 1. The molecular formula is C14H19N3O2. The van der Waals surface area contributed by atoms with Gasteiger partial charge in [-0.05, 0) is 30.0 Å². The number of nitrogens with two attached hydrogens (primary N) is 1. The summed E-state index contributed by atoms with van der Waals surface area (Å²) in [5.41, 5.74) is 8.57. The number of anilines is 1. The Kier molecular flexibility index (Phi) is 4.16. The molecule has 2 amide bonds. The number of nitrogens with zero attached hydrogens (tertiary/aromatic N) is 1. The molecule has 1 aromatic rings. The predicted molar refractivity (Wildman–Crippen MR) is 73.8 cm³/mol. The van der Waals surface area contributed by atoms with E-state index in [0.29, 0.717) is 13.0 Å². The number of benzene rings is 1. The Hall–Kier alpha value is -1.88. The van der Waals surface area contributed by atoms with E-state index >= 15 is 0 Å². The molecule has 19 heavy (non-hydrogen) atoms. The number of rotatable bonds is 4. The van der Waals surface area contributed by atoms with Crippen LogP contribution in [-0.4, -0.2) is 36.9 Å². The molecule has 102 valence electrons. The van der Waals surface area contributed by atoms with Gasteiger partial charge in [-0.15, -0.1) is 0 Å². The van der Waals surface area contributed by atoms with E-state index in [0.717, 1.165) is 18.5 Å². The summed E-state index contributed by atoms with van der Waals surface area (Å²) in [7, 11) is 1.76. The molecule has 0 atom stereocenters. The molecule has 1 aliphatic heterocycles. The molecule has 5 nitrogen and oxygen atoms in total. The third-order valence-electron chi connectivity index (χ3n) is 3.40. The highest BCUT2D eigenvalue weighted by Crippen LogP contribution is 2.23. The summed E-state index contributed by atoms with van der Waals surface area (Å²) in [6, 6.07) is 6.03. The number of hydrogen-bond donors (Lipinski definition) is 2. The third-order valence-corrected chi connectivity index (χ3v) is 3.40. The van der Waals surface area contributed by atoms with E-state index in [4.69, 9.17) is 5.73 Å². The molecule has 1 aliphatic rings. The van der Waals surface area contributed by atoms with Gasteiger partial charge in [0, 0.05) is 25.7 Å². The van der Waals surface area contributed by atoms with Crippen molar-refractivity contribution in [1.29, 1.82) is 0 Å². The fourth-order valence-corrected chi connectivity index (χ4v) is 2.17. The van der Waals surface area contributed by atoms with Crippen molar-refractivity contribution in [2.45, 2.75) is 19.3 Å². The molecule has 5 heteroatoms. The first-order valence-electron chi connectivity index (χ1n) is 6.46. The quantitative estimate of drug-likeness (QED) is 0.830. The highest BCUT2D eigenvalue weighted by atomic mass is 16.2. The van der Waals surface area contributed by atoms with Crippen molar-refractivity contribution in [3.63, 3.8) is 0 Å². The third kappa shape index (κ3) is 3.32. The fraction of sp³-hybridized carbons (Fsp3) is 0.429. The highest BCUT2D eigenvalue weighted by Gasteiger charge is 2.15. The van der Waals surface area contributed by atoms with Crippen LogP contribution in [0, 0.1) is 0 Å². The molecule has 1 heterocycles. The molecule has 0 unspecified atom stereocenters. The molecule has 1 aromatic carbocycles. The van der Waals surface area contributed by atoms with E-state index in [1.54, 1.807) is 11.9 Å². The number of aryl methyl sites for hydroxylation is 1. The van der Waals surface area contributed by atoms with Crippen LogP contribution in [0.15, 0.2) is 18.2 Å².